The number of fused-ring (bicyclic) bond motifs is 1. The minimum absolute atomic E-state index is 0.182. The Labute approximate surface area is 167 Å². The molecule has 0 unspecified atom stereocenters. The van der Waals surface area contributed by atoms with E-state index in [1.165, 1.54) is 17.3 Å². The van der Waals surface area contributed by atoms with Crippen LogP contribution in [-0.4, -0.2) is 31.9 Å². The number of aliphatic hydroxyl groups excluding tert-OH is 1. The van der Waals surface area contributed by atoms with Crippen LogP contribution in [0, 0.1) is 25.2 Å². The summed E-state index contributed by atoms with van der Waals surface area (Å²) in [6.45, 7) is 3.98. The van der Waals surface area contributed by atoms with E-state index >= 15 is 0 Å². The zero-order chi connectivity index (χ0) is 19.4. The van der Waals surface area contributed by atoms with Gasteiger partial charge in [-0.15, -0.1) is 11.8 Å². The van der Waals surface area contributed by atoms with Crippen molar-refractivity contribution in [3.8, 4) is 6.07 Å². The van der Waals surface area contributed by atoms with E-state index in [2.05, 4.69) is 11.1 Å². The molecule has 0 bridgehead atoms. The van der Waals surface area contributed by atoms with Gasteiger partial charge in [-0.05, 0) is 62.8 Å². The lowest BCUT2D eigenvalue weighted by atomic mass is 9.88. The molecule has 142 valence electrons. The van der Waals surface area contributed by atoms with E-state index in [4.69, 9.17) is 0 Å². The van der Waals surface area contributed by atoms with E-state index in [1.807, 2.05) is 38.1 Å². The van der Waals surface area contributed by atoms with Gasteiger partial charge in [-0.3, -0.25) is 4.21 Å². The third-order valence-corrected chi connectivity index (χ3v) is 7.45. The number of hydrogen-bond donors (Lipinski definition) is 1. The van der Waals surface area contributed by atoms with E-state index in [0.717, 1.165) is 47.4 Å². The summed E-state index contributed by atoms with van der Waals surface area (Å²) in [5.41, 5.74) is 5.13. The molecule has 0 amide bonds. The third kappa shape index (κ3) is 4.78. The number of nitriles is 1. The van der Waals surface area contributed by atoms with Gasteiger partial charge in [0.1, 0.15) is 11.1 Å². The second-order valence-electron chi connectivity index (χ2n) is 6.94. The number of thioether (sulfide) groups is 1. The van der Waals surface area contributed by atoms with Crippen molar-refractivity contribution in [3.05, 3.63) is 52.2 Å². The lowest BCUT2D eigenvalue weighted by molar-refractivity contribution is 0.224. The van der Waals surface area contributed by atoms with Crippen molar-refractivity contribution >= 4 is 22.6 Å². The number of pyridine rings is 1. The molecule has 3 rings (SSSR count). The Kier molecular flexibility index (Phi) is 6.69. The van der Waals surface area contributed by atoms with E-state index in [1.54, 1.807) is 0 Å². The first-order valence-corrected chi connectivity index (χ1v) is 11.5. The van der Waals surface area contributed by atoms with Crippen LogP contribution in [0.15, 0.2) is 34.2 Å². The highest BCUT2D eigenvalue weighted by atomic mass is 32.2. The van der Waals surface area contributed by atoms with Crippen molar-refractivity contribution in [1.82, 2.24) is 4.98 Å². The number of hydrogen-bond acceptors (Lipinski definition) is 5. The molecule has 2 aromatic rings. The molecule has 0 saturated heterocycles. The first-order chi connectivity index (χ1) is 13.0. The van der Waals surface area contributed by atoms with Gasteiger partial charge in [-0.2, -0.15) is 5.26 Å². The molecule has 0 fully saturated rings. The summed E-state index contributed by atoms with van der Waals surface area (Å²) in [5, 5.41) is 20.7. The summed E-state index contributed by atoms with van der Waals surface area (Å²) < 4.78 is 12.4. The molecule has 0 spiro atoms. The average molecular weight is 401 g/mol. The highest BCUT2D eigenvalue weighted by Crippen LogP contribution is 2.32. The molecule has 1 aromatic heterocycles. The minimum atomic E-state index is -1.24. The standard InChI is InChI=1S/C21H24N2O2S2/c1-14-7-9-17(10-8-14)27(25)13-16(24)12-26-21-20(11-22)19-6-4-3-5-18(19)15(2)23-21/h7-10,16,24H,3-6,12-13H2,1-2H3/t16-,27+/m0/s1. The number of nitrogens with zero attached hydrogens (tertiary/aromatic N) is 2. The SMILES string of the molecule is Cc1ccc([S@](=O)C[C@@H](O)CSc2nc(C)c3c(c2C#N)CCCC3)cc1. The number of benzene rings is 1. The number of rotatable bonds is 6. The third-order valence-electron chi connectivity index (χ3n) is 4.84. The molecule has 1 N–H and O–H groups in total. The lowest BCUT2D eigenvalue weighted by Crippen LogP contribution is -2.20. The van der Waals surface area contributed by atoms with Crippen LogP contribution in [0.2, 0.25) is 0 Å². The second kappa shape index (κ2) is 9.01. The Morgan fingerprint density at radius 2 is 1.89 bits per heavy atom. The molecule has 6 heteroatoms. The van der Waals surface area contributed by atoms with Gasteiger partial charge in [0, 0.05) is 16.3 Å². The van der Waals surface area contributed by atoms with E-state index in [-0.39, 0.29) is 5.75 Å². The van der Waals surface area contributed by atoms with Crippen molar-refractivity contribution in [3.63, 3.8) is 0 Å². The highest BCUT2D eigenvalue weighted by molar-refractivity contribution is 7.99. The van der Waals surface area contributed by atoms with Crippen molar-refractivity contribution in [1.29, 1.82) is 5.26 Å². The first-order valence-electron chi connectivity index (χ1n) is 9.18. The zero-order valence-corrected chi connectivity index (χ0v) is 17.3. The number of aryl methyl sites for hydroxylation is 2. The molecule has 2 atom stereocenters. The smallest absolute Gasteiger partial charge is 0.114 e. The molecule has 0 radical (unpaired) electrons. The fourth-order valence-corrected chi connectivity index (χ4v) is 5.62. The van der Waals surface area contributed by atoms with Gasteiger partial charge in [0.25, 0.3) is 0 Å². The van der Waals surface area contributed by atoms with Gasteiger partial charge in [0.15, 0.2) is 0 Å². The fraction of sp³-hybridized carbons (Fsp3) is 0.429. The summed E-state index contributed by atoms with van der Waals surface area (Å²) in [5.74, 6) is 0.555. The number of aliphatic hydroxyl groups is 1. The van der Waals surface area contributed by atoms with Crippen molar-refractivity contribution in [2.45, 2.75) is 55.6 Å². The van der Waals surface area contributed by atoms with Crippen LogP contribution in [0.5, 0.6) is 0 Å². The first kappa shape index (κ1) is 20.1. The summed E-state index contributed by atoms with van der Waals surface area (Å²) in [6, 6.07) is 9.85. The molecular formula is C21H24N2O2S2. The molecule has 1 aromatic carbocycles. The van der Waals surface area contributed by atoms with Gasteiger partial charge < -0.3 is 5.11 Å². The zero-order valence-electron chi connectivity index (χ0n) is 15.7. The van der Waals surface area contributed by atoms with Gasteiger partial charge in [-0.25, -0.2) is 4.98 Å². The average Bonchev–Trinajstić information content (AvgIpc) is 2.67. The van der Waals surface area contributed by atoms with E-state index in [9.17, 15) is 14.6 Å². The molecule has 4 nitrogen and oxygen atoms in total. The van der Waals surface area contributed by atoms with Crippen LogP contribution < -0.4 is 0 Å². The molecule has 1 aliphatic carbocycles. The fourth-order valence-electron chi connectivity index (χ4n) is 3.39. The Hall–Kier alpha value is -1.68. The quantitative estimate of drug-likeness (QED) is 0.748. The van der Waals surface area contributed by atoms with Crippen LogP contribution in [0.3, 0.4) is 0 Å². The maximum atomic E-state index is 12.4. The number of aromatic nitrogens is 1. The molecule has 0 aliphatic heterocycles. The molecule has 1 aliphatic rings. The summed E-state index contributed by atoms with van der Waals surface area (Å²) in [7, 11) is -1.24. The van der Waals surface area contributed by atoms with Crippen LogP contribution >= 0.6 is 11.8 Å². The lowest BCUT2D eigenvalue weighted by Gasteiger charge is -2.21. The van der Waals surface area contributed by atoms with Crippen molar-refractivity contribution in [2.75, 3.05) is 11.5 Å². The molecule has 27 heavy (non-hydrogen) atoms. The van der Waals surface area contributed by atoms with Crippen molar-refractivity contribution in [2.24, 2.45) is 0 Å². The van der Waals surface area contributed by atoms with Crippen molar-refractivity contribution < 1.29 is 9.32 Å². The Morgan fingerprint density at radius 1 is 1.22 bits per heavy atom. The Bertz CT molecular complexity index is 889. The monoisotopic (exact) mass is 400 g/mol. The summed E-state index contributed by atoms with van der Waals surface area (Å²) in [4.78, 5) is 5.36. The molecule has 0 saturated carbocycles. The summed E-state index contributed by atoms with van der Waals surface area (Å²) >= 11 is 1.39. The summed E-state index contributed by atoms with van der Waals surface area (Å²) in [6.07, 6.45) is 3.45. The molecular weight excluding hydrogens is 376 g/mol. The predicted molar refractivity (Wildman–Crippen MR) is 110 cm³/mol. The van der Waals surface area contributed by atoms with Crippen LogP contribution in [0.4, 0.5) is 0 Å². The van der Waals surface area contributed by atoms with Crippen LogP contribution in [0.25, 0.3) is 0 Å². The normalized spacial score (nSPS) is 15.6. The largest absolute Gasteiger partial charge is 0.391 e. The van der Waals surface area contributed by atoms with E-state index in [0.29, 0.717) is 16.3 Å². The predicted octanol–water partition coefficient (Wildman–Crippen LogP) is 3.71. The highest BCUT2D eigenvalue weighted by Gasteiger charge is 2.21. The van der Waals surface area contributed by atoms with Crippen LogP contribution in [-0.2, 0) is 23.6 Å². The Morgan fingerprint density at radius 3 is 2.56 bits per heavy atom. The van der Waals surface area contributed by atoms with Gasteiger partial charge in [-0.1, -0.05) is 17.7 Å². The van der Waals surface area contributed by atoms with E-state index < -0.39 is 16.9 Å². The maximum Gasteiger partial charge on any atom is 0.114 e. The Balaban J connectivity index is 1.67. The minimum Gasteiger partial charge on any atom is -0.391 e. The van der Waals surface area contributed by atoms with Crippen LogP contribution in [0.1, 0.15) is 40.8 Å². The maximum absolute atomic E-state index is 12.4. The molecule has 1 heterocycles. The van der Waals surface area contributed by atoms with Gasteiger partial charge >= 0.3 is 0 Å². The van der Waals surface area contributed by atoms with Gasteiger partial charge in [0.2, 0.25) is 0 Å². The topological polar surface area (TPSA) is 74.0 Å². The van der Waals surface area contributed by atoms with Gasteiger partial charge in [0.05, 0.1) is 28.2 Å². The second-order valence-corrected chi connectivity index (χ2v) is 9.45.